The van der Waals surface area contributed by atoms with Crippen LogP contribution in [0.4, 0.5) is 0 Å². The number of aromatic nitrogens is 1. The van der Waals surface area contributed by atoms with Crippen molar-refractivity contribution in [2.45, 2.75) is 36.2 Å². The van der Waals surface area contributed by atoms with E-state index >= 15 is 0 Å². The SMILES string of the molecule is N#CC1(NC(=O)CSc2ccc3ccccc3n2)CCCC1. The molecule has 3 rings (SSSR count). The fourth-order valence-corrected chi connectivity index (χ4v) is 3.49. The van der Waals surface area contributed by atoms with E-state index < -0.39 is 5.54 Å². The largest absolute Gasteiger partial charge is 0.337 e. The van der Waals surface area contributed by atoms with Gasteiger partial charge in [-0.15, -0.1) is 0 Å². The normalized spacial score (nSPS) is 16.3. The van der Waals surface area contributed by atoms with Crippen molar-refractivity contribution in [1.82, 2.24) is 10.3 Å². The van der Waals surface area contributed by atoms with Gasteiger partial charge in [-0.25, -0.2) is 4.98 Å². The Balaban J connectivity index is 1.61. The van der Waals surface area contributed by atoms with Gasteiger partial charge >= 0.3 is 0 Å². The average Bonchev–Trinajstić information content (AvgIpc) is 3.02. The number of nitrogens with zero attached hydrogens (tertiary/aromatic N) is 2. The molecule has 0 bridgehead atoms. The van der Waals surface area contributed by atoms with Gasteiger partial charge in [0.15, 0.2) is 0 Å². The van der Waals surface area contributed by atoms with Gasteiger partial charge in [-0.2, -0.15) is 5.26 Å². The Bertz CT molecular complexity index is 732. The molecule has 5 heteroatoms. The van der Waals surface area contributed by atoms with Crippen LogP contribution in [0.2, 0.25) is 0 Å². The van der Waals surface area contributed by atoms with Crippen LogP contribution in [0.3, 0.4) is 0 Å². The van der Waals surface area contributed by atoms with Gasteiger partial charge in [-0.05, 0) is 37.8 Å². The highest BCUT2D eigenvalue weighted by Crippen LogP contribution is 2.29. The van der Waals surface area contributed by atoms with E-state index in [0.717, 1.165) is 41.6 Å². The summed E-state index contributed by atoms with van der Waals surface area (Å²) in [5.41, 5.74) is 0.284. The molecule has 112 valence electrons. The lowest BCUT2D eigenvalue weighted by Gasteiger charge is -2.21. The molecular formula is C17H17N3OS. The second-order valence-corrected chi connectivity index (χ2v) is 6.58. The van der Waals surface area contributed by atoms with Gasteiger partial charge in [0.05, 0.1) is 22.4 Å². The lowest BCUT2D eigenvalue weighted by atomic mass is 10.0. The van der Waals surface area contributed by atoms with Gasteiger partial charge in [0, 0.05) is 5.39 Å². The number of rotatable bonds is 4. The number of carbonyl (C=O) groups is 1. The number of para-hydroxylation sites is 1. The molecule has 1 N–H and O–H groups in total. The Morgan fingerprint density at radius 3 is 2.82 bits per heavy atom. The first-order chi connectivity index (χ1) is 10.7. The minimum absolute atomic E-state index is 0.0941. The molecule has 0 unspecified atom stereocenters. The third kappa shape index (κ3) is 3.23. The number of hydrogen-bond donors (Lipinski definition) is 1. The first kappa shape index (κ1) is 14.9. The van der Waals surface area contributed by atoms with Gasteiger partial charge in [0.25, 0.3) is 0 Å². The van der Waals surface area contributed by atoms with Crippen molar-refractivity contribution >= 4 is 28.6 Å². The lowest BCUT2D eigenvalue weighted by Crippen LogP contribution is -2.45. The highest BCUT2D eigenvalue weighted by atomic mass is 32.2. The maximum Gasteiger partial charge on any atom is 0.231 e. The maximum atomic E-state index is 12.1. The zero-order chi connectivity index (χ0) is 15.4. The Hall–Kier alpha value is -2.06. The third-order valence-corrected chi connectivity index (χ3v) is 4.90. The summed E-state index contributed by atoms with van der Waals surface area (Å²) in [6.07, 6.45) is 3.53. The van der Waals surface area contributed by atoms with E-state index in [1.807, 2.05) is 36.4 Å². The van der Waals surface area contributed by atoms with E-state index in [9.17, 15) is 10.1 Å². The summed E-state index contributed by atoms with van der Waals surface area (Å²) in [4.78, 5) is 16.6. The van der Waals surface area contributed by atoms with Crippen molar-refractivity contribution in [2.75, 3.05) is 5.75 Å². The number of nitriles is 1. The smallest absolute Gasteiger partial charge is 0.231 e. The summed E-state index contributed by atoms with van der Waals surface area (Å²) in [5, 5.41) is 14.1. The molecule has 1 amide bonds. The summed E-state index contributed by atoms with van der Waals surface area (Å²) in [5.74, 6) is 0.192. The maximum absolute atomic E-state index is 12.1. The highest BCUT2D eigenvalue weighted by molar-refractivity contribution is 7.99. The van der Waals surface area contributed by atoms with E-state index in [1.54, 1.807) is 0 Å². The molecule has 0 spiro atoms. The van der Waals surface area contributed by atoms with Gasteiger partial charge in [0.2, 0.25) is 5.91 Å². The Morgan fingerprint density at radius 2 is 2.05 bits per heavy atom. The van der Waals surface area contributed by atoms with Crippen LogP contribution in [0.25, 0.3) is 10.9 Å². The molecule has 1 heterocycles. The molecule has 4 nitrogen and oxygen atoms in total. The Labute approximate surface area is 133 Å². The molecule has 22 heavy (non-hydrogen) atoms. The average molecular weight is 311 g/mol. The molecule has 0 aliphatic heterocycles. The molecule has 1 aliphatic carbocycles. The molecule has 2 aromatic rings. The van der Waals surface area contributed by atoms with Crippen molar-refractivity contribution in [3.8, 4) is 6.07 Å². The number of carbonyl (C=O) groups excluding carboxylic acids is 1. The first-order valence-electron chi connectivity index (χ1n) is 7.42. The predicted molar refractivity (Wildman–Crippen MR) is 87.4 cm³/mol. The van der Waals surface area contributed by atoms with Crippen LogP contribution in [0.1, 0.15) is 25.7 Å². The second kappa shape index (κ2) is 6.37. The number of amides is 1. The summed E-state index contributed by atoms with van der Waals surface area (Å²) in [7, 11) is 0. The third-order valence-electron chi connectivity index (χ3n) is 3.97. The Kier molecular flexibility index (Phi) is 4.30. The fraction of sp³-hybridized carbons (Fsp3) is 0.353. The molecule has 1 aromatic carbocycles. The summed E-state index contributed by atoms with van der Waals surface area (Å²) in [6, 6.07) is 14.1. The van der Waals surface area contributed by atoms with E-state index in [0.29, 0.717) is 0 Å². The van der Waals surface area contributed by atoms with Crippen molar-refractivity contribution in [3.05, 3.63) is 36.4 Å². The minimum Gasteiger partial charge on any atom is -0.337 e. The summed E-state index contributed by atoms with van der Waals surface area (Å²) in [6.45, 7) is 0. The summed E-state index contributed by atoms with van der Waals surface area (Å²) >= 11 is 1.40. The topological polar surface area (TPSA) is 65.8 Å². The Morgan fingerprint density at radius 1 is 1.27 bits per heavy atom. The van der Waals surface area contributed by atoms with E-state index in [-0.39, 0.29) is 11.7 Å². The quantitative estimate of drug-likeness (QED) is 0.880. The van der Waals surface area contributed by atoms with E-state index in [1.165, 1.54) is 11.8 Å². The molecular weight excluding hydrogens is 294 g/mol. The van der Waals surface area contributed by atoms with Gasteiger partial charge in [-0.3, -0.25) is 4.79 Å². The number of hydrogen-bond acceptors (Lipinski definition) is 4. The van der Waals surface area contributed by atoms with Crippen LogP contribution >= 0.6 is 11.8 Å². The van der Waals surface area contributed by atoms with Crippen LogP contribution in [0.15, 0.2) is 41.4 Å². The summed E-state index contributed by atoms with van der Waals surface area (Å²) < 4.78 is 0. The molecule has 0 atom stereocenters. The molecule has 1 aromatic heterocycles. The minimum atomic E-state index is -0.644. The second-order valence-electron chi connectivity index (χ2n) is 5.58. The van der Waals surface area contributed by atoms with Crippen LogP contribution in [0, 0.1) is 11.3 Å². The van der Waals surface area contributed by atoms with Gasteiger partial charge in [0.1, 0.15) is 5.54 Å². The molecule has 0 radical (unpaired) electrons. The number of benzene rings is 1. The van der Waals surface area contributed by atoms with Crippen LogP contribution in [-0.2, 0) is 4.79 Å². The molecule has 0 saturated heterocycles. The van der Waals surface area contributed by atoms with Crippen LogP contribution in [0.5, 0.6) is 0 Å². The molecule has 1 aliphatic rings. The van der Waals surface area contributed by atoms with E-state index in [2.05, 4.69) is 16.4 Å². The van der Waals surface area contributed by atoms with E-state index in [4.69, 9.17) is 0 Å². The number of nitrogens with one attached hydrogen (secondary N) is 1. The van der Waals surface area contributed by atoms with Gasteiger partial charge in [-0.1, -0.05) is 36.0 Å². The van der Waals surface area contributed by atoms with Crippen molar-refractivity contribution < 1.29 is 4.79 Å². The first-order valence-corrected chi connectivity index (χ1v) is 8.40. The highest BCUT2D eigenvalue weighted by Gasteiger charge is 2.35. The van der Waals surface area contributed by atoms with Crippen molar-refractivity contribution in [3.63, 3.8) is 0 Å². The van der Waals surface area contributed by atoms with Crippen LogP contribution < -0.4 is 5.32 Å². The zero-order valence-electron chi connectivity index (χ0n) is 12.2. The van der Waals surface area contributed by atoms with Gasteiger partial charge < -0.3 is 5.32 Å². The molecule has 1 saturated carbocycles. The van der Waals surface area contributed by atoms with Crippen molar-refractivity contribution in [1.29, 1.82) is 5.26 Å². The lowest BCUT2D eigenvalue weighted by molar-refractivity contribution is -0.119. The fourth-order valence-electron chi connectivity index (χ4n) is 2.81. The predicted octanol–water partition coefficient (Wildman–Crippen LogP) is 3.28. The monoisotopic (exact) mass is 311 g/mol. The zero-order valence-corrected chi connectivity index (χ0v) is 13.0. The number of pyridine rings is 1. The molecule has 1 fully saturated rings. The van der Waals surface area contributed by atoms with Crippen molar-refractivity contribution in [2.24, 2.45) is 0 Å². The number of thioether (sulfide) groups is 1. The standard InChI is InChI=1S/C17H17N3OS/c18-12-17(9-3-4-10-17)20-15(21)11-22-16-8-7-13-5-1-2-6-14(13)19-16/h1-2,5-8H,3-4,9-11H2,(H,20,21). The number of fused-ring (bicyclic) bond motifs is 1. The van der Waals surface area contributed by atoms with Crippen LogP contribution in [-0.4, -0.2) is 22.2 Å².